The molecule has 0 saturated heterocycles. The minimum atomic E-state index is -0.802. The van der Waals surface area contributed by atoms with Gasteiger partial charge in [-0.25, -0.2) is 0 Å². The Balaban J connectivity index is 4.42. The van der Waals surface area contributed by atoms with Crippen molar-refractivity contribution >= 4 is 17.9 Å². The highest BCUT2D eigenvalue weighted by Gasteiger charge is 2.19. The zero-order valence-electron chi connectivity index (χ0n) is 49.6. The minimum Gasteiger partial charge on any atom is -0.462 e. The van der Waals surface area contributed by atoms with E-state index in [-0.39, 0.29) is 37.5 Å². The molecular formula is C69H120O6. The molecule has 0 spiro atoms. The van der Waals surface area contributed by atoms with Gasteiger partial charge in [-0.2, -0.15) is 0 Å². The highest BCUT2D eigenvalue weighted by molar-refractivity contribution is 5.71. The van der Waals surface area contributed by atoms with E-state index in [4.69, 9.17) is 14.2 Å². The van der Waals surface area contributed by atoms with E-state index in [1.807, 2.05) is 0 Å². The van der Waals surface area contributed by atoms with Crippen molar-refractivity contribution in [2.75, 3.05) is 13.2 Å². The van der Waals surface area contributed by atoms with Gasteiger partial charge in [0.15, 0.2) is 6.10 Å². The molecule has 432 valence electrons. The van der Waals surface area contributed by atoms with Crippen LogP contribution in [0.4, 0.5) is 0 Å². The SMILES string of the molecule is CC/C=C\C/C=C\C/C=C\C/C=C\C/C=C\CCCC(=O)OC[C@H](COC(=O)CCCCCCCCCCCCC/C=C\CCCCCCCC)OC(=O)CCCCCCCCCCC/C=C\CCCCCCCC. The summed E-state index contributed by atoms with van der Waals surface area (Å²) in [6.07, 6.45) is 83.1. The molecule has 0 radical (unpaired) electrons. The van der Waals surface area contributed by atoms with Crippen LogP contribution in [0.5, 0.6) is 0 Å². The van der Waals surface area contributed by atoms with Gasteiger partial charge >= 0.3 is 17.9 Å². The van der Waals surface area contributed by atoms with Gasteiger partial charge in [0.1, 0.15) is 13.2 Å². The summed E-state index contributed by atoms with van der Waals surface area (Å²) in [7, 11) is 0. The van der Waals surface area contributed by atoms with E-state index in [0.717, 1.165) is 77.0 Å². The van der Waals surface area contributed by atoms with Gasteiger partial charge in [-0.1, -0.05) is 273 Å². The van der Waals surface area contributed by atoms with Crippen LogP contribution in [-0.4, -0.2) is 37.2 Å². The molecular weight excluding hydrogens is 925 g/mol. The van der Waals surface area contributed by atoms with Gasteiger partial charge in [-0.3, -0.25) is 14.4 Å². The van der Waals surface area contributed by atoms with Gasteiger partial charge in [0.25, 0.3) is 0 Å². The summed E-state index contributed by atoms with van der Waals surface area (Å²) in [6.45, 7) is 6.50. The van der Waals surface area contributed by atoms with Crippen LogP contribution in [0.15, 0.2) is 85.1 Å². The molecule has 0 heterocycles. The summed E-state index contributed by atoms with van der Waals surface area (Å²) < 4.78 is 16.9. The molecule has 0 aliphatic carbocycles. The van der Waals surface area contributed by atoms with E-state index >= 15 is 0 Å². The number of unbranched alkanes of at least 4 members (excludes halogenated alkanes) is 33. The topological polar surface area (TPSA) is 78.9 Å². The first-order chi connectivity index (χ1) is 37.0. The summed E-state index contributed by atoms with van der Waals surface area (Å²) >= 11 is 0. The monoisotopic (exact) mass is 1040 g/mol. The molecule has 0 aromatic rings. The molecule has 0 saturated carbocycles. The number of hydrogen-bond acceptors (Lipinski definition) is 6. The Morgan fingerprint density at radius 3 is 0.880 bits per heavy atom. The Hall–Kier alpha value is -3.41. The van der Waals surface area contributed by atoms with E-state index in [0.29, 0.717) is 19.3 Å². The number of carbonyl (C=O) groups is 3. The standard InChI is InChI=1S/C69H120O6/c1-4-7-10-13-16-19-22-25-28-31-33-34-36-38-41-44-47-50-53-56-59-62-68(71)74-65-66(64-73-67(70)61-58-55-52-49-46-43-40-37-30-27-24-21-18-15-12-9-6-3)75-69(72)63-60-57-54-51-48-45-42-39-35-32-29-26-23-20-17-14-11-8-5-2/h9,12,18,21,25-30,40,43,49,52,66H,4-8,10-11,13-17,19-20,22-24,31-39,41-42,44-48,50-51,53-65H2,1-3H3/b12-9-,21-18-,28-25-,29-26-,30-27-,43-40-,52-49-/t66-/m1/s1. The normalized spacial score (nSPS) is 12.6. The lowest BCUT2D eigenvalue weighted by atomic mass is 10.0. The van der Waals surface area contributed by atoms with Crippen molar-refractivity contribution in [2.45, 2.75) is 322 Å². The van der Waals surface area contributed by atoms with Crippen LogP contribution in [0.25, 0.3) is 0 Å². The maximum absolute atomic E-state index is 12.9. The first-order valence-corrected chi connectivity index (χ1v) is 32.1. The lowest BCUT2D eigenvalue weighted by Gasteiger charge is -2.18. The summed E-state index contributed by atoms with van der Waals surface area (Å²) in [5, 5.41) is 0. The number of hydrogen-bond donors (Lipinski definition) is 0. The first-order valence-electron chi connectivity index (χ1n) is 32.1. The zero-order valence-corrected chi connectivity index (χ0v) is 49.6. The van der Waals surface area contributed by atoms with Crippen molar-refractivity contribution in [3.63, 3.8) is 0 Å². The molecule has 0 amide bonds. The van der Waals surface area contributed by atoms with Crippen LogP contribution in [0.3, 0.4) is 0 Å². The fraction of sp³-hybridized carbons (Fsp3) is 0.754. The predicted octanol–water partition coefficient (Wildman–Crippen LogP) is 21.9. The second-order valence-corrected chi connectivity index (χ2v) is 21.3. The molecule has 0 aromatic carbocycles. The average Bonchev–Trinajstić information content (AvgIpc) is 3.41. The van der Waals surface area contributed by atoms with Crippen molar-refractivity contribution in [1.82, 2.24) is 0 Å². The van der Waals surface area contributed by atoms with Gasteiger partial charge in [0, 0.05) is 19.3 Å². The van der Waals surface area contributed by atoms with E-state index in [9.17, 15) is 14.4 Å². The van der Waals surface area contributed by atoms with Crippen molar-refractivity contribution < 1.29 is 28.6 Å². The van der Waals surface area contributed by atoms with Crippen LogP contribution in [0.1, 0.15) is 316 Å². The third-order valence-corrected chi connectivity index (χ3v) is 13.9. The Morgan fingerprint density at radius 2 is 0.533 bits per heavy atom. The fourth-order valence-corrected chi connectivity index (χ4v) is 9.06. The second kappa shape index (κ2) is 63.1. The smallest absolute Gasteiger partial charge is 0.306 e. The number of esters is 3. The highest BCUT2D eigenvalue weighted by Crippen LogP contribution is 2.16. The molecule has 0 bridgehead atoms. The van der Waals surface area contributed by atoms with Crippen molar-refractivity contribution in [2.24, 2.45) is 0 Å². The molecule has 75 heavy (non-hydrogen) atoms. The molecule has 0 aromatic heterocycles. The molecule has 0 N–H and O–H groups in total. The number of carbonyl (C=O) groups excluding carboxylic acids is 3. The zero-order chi connectivity index (χ0) is 54.3. The molecule has 0 fully saturated rings. The van der Waals surface area contributed by atoms with Gasteiger partial charge < -0.3 is 14.2 Å². The minimum absolute atomic E-state index is 0.0939. The van der Waals surface area contributed by atoms with Crippen molar-refractivity contribution in [3.05, 3.63) is 85.1 Å². The van der Waals surface area contributed by atoms with Crippen LogP contribution in [-0.2, 0) is 28.6 Å². The molecule has 6 nitrogen and oxygen atoms in total. The molecule has 0 unspecified atom stereocenters. The number of allylic oxidation sites excluding steroid dienone is 14. The van der Waals surface area contributed by atoms with E-state index in [2.05, 4.69) is 106 Å². The molecule has 0 aliphatic heterocycles. The van der Waals surface area contributed by atoms with Crippen molar-refractivity contribution in [3.8, 4) is 0 Å². The largest absolute Gasteiger partial charge is 0.462 e. The van der Waals surface area contributed by atoms with E-state index in [1.165, 1.54) is 193 Å². The summed E-state index contributed by atoms with van der Waals surface area (Å²) in [4.78, 5) is 38.3. The Kier molecular flexibility index (Phi) is 60.3. The van der Waals surface area contributed by atoms with E-state index < -0.39 is 6.10 Å². The lowest BCUT2D eigenvalue weighted by molar-refractivity contribution is -0.167. The Bertz CT molecular complexity index is 1430. The molecule has 0 aliphatic rings. The molecule has 1 atom stereocenters. The summed E-state index contributed by atoms with van der Waals surface area (Å²) in [6, 6.07) is 0. The number of ether oxygens (including phenoxy) is 3. The lowest BCUT2D eigenvalue weighted by Crippen LogP contribution is -2.30. The highest BCUT2D eigenvalue weighted by atomic mass is 16.6. The Morgan fingerprint density at radius 1 is 0.280 bits per heavy atom. The van der Waals surface area contributed by atoms with Crippen molar-refractivity contribution in [1.29, 1.82) is 0 Å². The third kappa shape index (κ3) is 61.3. The van der Waals surface area contributed by atoms with Crippen LogP contribution in [0.2, 0.25) is 0 Å². The third-order valence-electron chi connectivity index (χ3n) is 13.9. The predicted molar refractivity (Wildman–Crippen MR) is 325 cm³/mol. The number of rotatable bonds is 58. The second-order valence-electron chi connectivity index (χ2n) is 21.3. The van der Waals surface area contributed by atoms with Gasteiger partial charge in [0.05, 0.1) is 0 Å². The maximum Gasteiger partial charge on any atom is 0.306 e. The van der Waals surface area contributed by atoms with Gasteiger partial charge in [0.2, 0.25) is 0 Å². The first kappa shape index (κ1) is 71.6. The average molecular weight is 1050 g/mol. The van der Waals surface area contributed by atoms with Crippen LogP contribution >= 0.6 is 0 Å². The maximum atomic E-state index is 12.9. The molecule has 6 heteroatoms. The van der Waals surface area contributed by atoms with Crippen LogP contribution < -0.4 is 0 Å². The van der Waals surface area contributed by atoms with Crippen LogP contribution in [0, 0.1) is 0 Å². The summed E-state index contributed by atoms with van der Waals surface area (Å²) in [5.41, 5.74) is 0. The quantitative estimate of drug-likeness (QED) is 0.0261. The van der Waals surface area contributed by atoms with E-state index in [1.54, 1.807) is 0 Å². The Labute approximate surface area is 465 Å². The fourth-order valence-electron chi connectivity index (χ4n) is 9.06. The van der Waals surface area contributed by atoms with Gasteiger partial charge in [-0.15, -0.1) is 0 Å². The molecule has 0 rings (SSSR count). The summed E-state index contributed by atoms with van der Waals surface area (Å²) in [5.74, 6) is -0.945. The van der Waals surface area contributed by atoms with Gasteiger partial charge in [-0.05, 0) is 109 Å².